The van der Waals surface area contributed by atoms with Crippen LogP contribution in [-0.4, -0.2) is 16.3 Å². The minimum absolute atomic E-state index is 0.356. The second kappa shape index (κ2) is 6.10. The lowest BCUT2D eigenvalue weighted by Crippen LogP contribution is -2.21. The fourth-order valence-electron chi connectivity index (χ4n) is 2.86. The zero-order chi connectivity index (χ0) is 14.7. The molecule has 1 N–H and O–H groups in total. The maximum Gasteiger partial charge on any atom is 0.0741 e. The topological polar surface area (TPSA) is 29.9 Å². The molecule has 1 aromatic heterocycles. The highest BCUT2D eigenvalue weighted by molar-refractivity contribution is 5.80. The van der Waals surface area contributed by atoms with Gasteiger partial charge in [0, 0.05) is 11.4 Å². The van der Waals surface area contributed by atoms with E-state index in [2.05, 4.69) is 66.7 Å². The first-order valence-corrected chi connectivity index (χ1v) is 7.60. The molecule has 0 radical (unpaired) electrons. The number of nitrogens with one attached hydrogen (secondary N) is 1. The molecular weight excluding hydrogens is 258 g/mol. The molecule has 0 aliphatic carbocycles. The molecule has 0 aliphatic heterocycles. The zero-order valence-electron chi connectivity index (χ0n) is 12.6. The van der Waals surface area contributed by atoms with Gasteiger partial charge in [-0.3, -0.25) is 0 Å². The summed E-state index contributed by atoms with van der Waals surface area (Å²) in [4.78, 5) is 0. The lowest BCUT2D eigenvalue weighted by atomic mass is 10.0. The molecule has 3 heteroatoms. The van der Waals surface area contributed by atoms with Crippen molar-refractivity contribution in [2.24, 2.45) is 0 Å². The van der Waals surface area contributed by atoms with Gasteiger partial charge in [-0.05, 0) is 30.7 Å². The number of para-hydroxylation sites is 2. The second-order valence-corrected chi connectivity index (χ2v) is 5.19. The summed E-state index contributed by atoms with van der Waals surface area (Å²) in [6.45, 7) is 5.33. The van der Waals surface area contributed by atoms with Crippen LogP contribution >= 0.6 is 0 Å². The average molecular weight is 279 g/mol. The van der Waals surface area contributed by atoms with Crippen molar-refractivity contribution < 1.29 is 0 Å². The van der Waals surface area contributed by atoms with E-state index in [1.54, 1.807) is 0 Å². The standard InChI is InChI=1S/C18H21N3/c1-3-16(19-4-2)15-10-6-8-12-18(15)21-17-11-7-5-9-14(17)13-20-21/h5-13,16,19H,3-4H2,1-2H3. The van der Waals surface area contributed by atoms with Crippen molar-refractivity contribution in [3.8, 4) is 5.69 Å². The van der Waals surface area contributed by atoms with Crippen LogP contribution in [0.15, 0.2) is 54.7 Å². The van der Waals surface area contributed by atoms with Crippen LogP contribution in [0.5, 0.6) is 0 Å². The van der Waals surface area contributed by atoms with Gasteiger partial charge in [-0.2, -0.15) is 5.10 Å². The molecule has 2 aromatic carbocycles. The van der Waals surface area contributed by atoms with E-state index in [1.807, 2.05) is 16.9 Å². The zero-order valence-corrected chi connectivity index (χ0v) is 12.6. The van der Waals surface area contributed by atoms with Gasteiger partial charge in [0.1, 0.15) is 0 Å². The summed E-state index contributed by atoms with van der Waals surface area (Å²) in [5.74, 6) is 0. The molecule has 0 fully saturated rings. The van der Waals surface area contributed by atoms with Crippen LogP contribution in [0.1, 0.15) is 31.9 Å². The fourth-order valence-corrected chi connectivity index (χ4v) is 2.86. The summed E-state index contributed by atoms with van der Waals surface area (Å²) in [5, 5.41) is 9.32. The van der Waals surface area contributed by atoms with Crippen LogP contribution in [0.2, 0.25) is 0 Å². The Labute approximate surface area is 125 Å². The maximum atomic E-state index is 4.59. The largest absolute Gasteiger partial charge is 0.310 e. The Morgan fingerprint density at radius 1 is 1.05 bits per heavy atom. The Morgan fingerprint density at radius 3 is 2.62 bits per heavy atom. The number of rotatable bonds is 5. The molecule has 0 spiro atoms. The molecule has 0 amide bonds. The lowest BCUT2D eigenvalue weighted by molar-refractivity contribution is 0.534. The molecule has 3 nitrogen and oxygen atoms in total. The van der Waals surface area contributed by atoms with Gasteiger partial charge in [0.05, 0.1) is 17.4 Å². The summed E-state index contributed by atoms with van der Waals surface area (Å²) in [5.41, 5.74) is 3.61. The van der Waals surface area contributed by atoms with Crippen molar-refractivity contribution in [2.75, 3.05) is 6.54 Å². The van der Waals surface area contributed by atoms with Crippen molar-refractivity contribution in [3.05, 3.63) is 60.3 Å². The average Bonchev–Trinajstić information content (AvgIpc) is 2.96. The predicted molar refractivity (Wildman–Crippen MR) is 87.8 cm³/mol. The molecule has 1 atom stereocenters. The molecule has 0 bridgehead atoms. The van der Waals surface area contributed by atoms with Crippen LogP contribution in [0.4, 0.5) is 0 Å². The molecule has 1 heterocycles. The van der Waals surface area contributed by atoms with E-state index in [4.69, 9.17) is 0 Å². The Balaban J connectivity index is 2.14. The van der Waals surface area contributed by atoms with E-state index >= 15 is 0 Å². The Hall–Kier alpha value is -2.13. The van der Waals surface area contributed by atoms with Gasteiger partial charge in [0.2, 0.25) is 0 Å². The predicted octanol–water partition coefficient (Wildman–Crippen LogP) is 4.09. The third-order valence-electron chi connectivity index (χ3n) is 3.88. The molecular formula is C18H21N3. The van der Waals surface area contributed by atoms with E-state index in [0.29, 0.717) is 6.04 Å². The molecule has 3 aromatic rings. The molecule has 1 unspecified atom stereocenters. The molecule has 0 saturated carbocycles. The van der Waals surface area contributed by atoms with Crippen molar-refractivity contribution in [2.45, 2.75) is 26.3 Å². The van der Waals surface area contributed by atoms with Crippen LogP contribution in [0, 0.1) is 0 Å². The van der Waals surface area contributed by atoms with Gasteiger partial charge >= 0.3 is 0 Å². The van der Waals surface area contributed by atoms with Crippen molar-refractivity contribution in [1.82, 2.24) is 15.1 Å². The maximum absolute atomic E-state index is 4.59. The highest BCUT2D eigenvalue weighted by Gasteiger charge is 2.15. The van der Waals surface area contributed by atoms with Crippen LogP contribution in [0.25, 0.3) is 16.6 Å². The van der Waals surface area contributed by atoms with E-state index in [-0.39, 0.29) is 0 Å². The second-order valence-electron chi connectivity index (χ2n) is 5.19. The Morgan fingerprint density at radius 2 is 1.81 bits per heavy atom. The number of fused-ring (bicyclic) bond motifs is 1. The fraction of sp³-hybridized carbons (Fsp3) is 0.278. The van der Waals surface area contributed by atoms with Gasteiger partial charge < -0.3 is 5.32 Å². The first kappa shape index (κ1) is 13.8. The Bertz CT molecular complexity index is 730. The summed E-state index contributed by atoms with van der Waals surface area (Å²) in [6.07, 6.45) is 2.99. The summed E-state index contributed by atoms with van der Waals surface area (Å²) < 4.78 is 2.05. The highest BCUT2D eigenvalue weighted by Crippen LogP contribution is 2.26. The minimum atomic E-state index is 0.356. The summed E-state index contributed by atoms with van der Waals surface area (Å²) in [6, 6.07) is 17.2. The quantitative estimate of drug-likeness (QED) is 0.762. The SMILES string of the molecule is CCNC(CC)c1ccccc1-n1ncc2ccccc21. The van der Waals surface area contributed by atoms with Gasteiger partial charge in [0.25, 0.3) is 0 Å². The number of nitrogens with zero attached hydrogens (tertiary/aromatic N) is 2. The summed E-state index contributed by atoms with van der Waals surface area (Å²) >= 11 is 0. The first-order chi connectivity index (χ1) is 10.3. The van der Waals surface area contributed by atoms with Crippen LogP contribution < -0.4 is 5.32 Å². The molecule has 21 heavy (non-hydrogen) atoms. The number of hydrogen-bond acceptors (Lipinski definition) is 2. The van der Waals surface area contributed by atoms with Gasteiger partial charge in [-0.15, -0.1) is 0 Å². The monoisotopic (exact) mass is 279 g/mol. The first-order valence-electron chi connectivity index (χ1n) is 7.60. The van der Waals surface area contributed by atoms with Gasteiger partial charge in [-0.1, -0.05) is 50.2 Å². The number of hydrogen-bond donors (Lipinski definition) is 1. The van der Waals surface area contributed by atoms with E-state index < -0.39 is 0 Å². The lowest BCUT2D eigenvalue weighted by Gasteiger charge is -2.20. The van der Waals surface area contributed by atoms with E-state index in [9.17, 15) is 0 Å². The molecule has 0 saturated heterocycles. The van der Waals surface area contributed by atoms with E-state index in [1.165, 1.54) is 10.9 Å². The highest BCUT2D eigenvalue weighted by atomic mass is 15.3. The molecule has 108 valence electrons. The normalized spacial score (nSPS) is 12.7. The smallest absolute Gasteiger partial charge is 0.0741 e. The third kappa shape index (κ3) is 2.57. The van der Waals surface area contributed by atoms with Crippen molar-refractivity contribution in [1.29, 1.82) is 0 Å². The number of aromatic nitrogens is 2. The third-order valence-corrected chi connectivity index (χ3v) is 3.88. The van der Waals surface area contributed by atoms with Crippen molar-refractivity contribution >= 4 is 10.9 Å². The summed E-state index contributed by atoms with van der Waals surface area (Å²) in [7, 11) is 0. The Kier molecular flexibility index (Phi) is 4.02. The van der Waals surface area contributed by atoms with Gasteiger partial charge in [0.15, 0.2) is 0 Å². The van der Waals surface area contributed by atoms with Crippen LogP contribution in [0.3, 0.4) is 0 Å². The van der Waals surface area contributed by atoms with E-state index in [0.717, 1.165) is 24.2 Å². The van der Waals surface area contributed by atoms with Crippen LogP contribution in [-0.2, 0) is 0 Å². The van der Waals surface area contributed by atoms with Crippen molar-refractivity contribution in [3.63, 3.8) is 0 Å². The van der Waals surface area contributed by atoms with Gasteiger partial charge in [-0.25, -0.2) is 4.68 Å². The minimum Gasteiger partial charge on any atom is -0.310 e. The molecule has 3 rings (SSSR count). The molecule has 0 aliphatic rings. The number of benzene rings is 2.